The number of rotatable bonds is 4. The number of hydrogen-bond donors (Lipinski definition) is 2. The highest BCUT2D eigenvalue weighted by Crippen LogP contribution is 1.87. The first-order valence-electron chi connectivity index (χ1n) is 2.41. The van der Waals surface area contributed by atoms with Gasteiger partial charge in [0, 0.05) is 5.75 Å². The van der Waals surface area contributed by atoms with E-state index in [2.05, 4.69) is 24.8 Å². The summed E-state index contributed by atoms with van der Waals surface area (Å²) < 4.78 is 0. The molecular weight excluding hydrogens is 154 g/mol. The van der Waals surface area contributed by atoms with E-state index in [-0.39, 0.29) is 5.78 Å². The van der Waals surface area contributed by atoms with Crippen molar-refractivity contribution in [1.82, 2.24) is 0 Å². The Morgan fingerprint density at radius 1 is 1.89 bits per heavy atom. The van der Waals surface area contributed by atoms with Crippen LogP contribution < -0.4 is 5.73 Å². The lowest BCUT2D eigenvalue weighted by molar-refractivity contribution is -0.116. The van der Waals surface area contributed by atoms with E-state index in [1.807, 2.05) is 0 Å². The Bertz CT molecular complexity index is 116. The van der Waals surface area contributed by atoms with Gasteiger partial charge in [-0.25, -0.2) is 0 Å². The maximum absolute atomic E-state index is 10.6. The Kier molecular flexibility index (Phi) is 4.94. The third-order valence-corrected chi connectivity index (χ3v) is 1.32. The minimum atomic E-state index is -0.507. The van der Waals surface area contributed by atoms with Gasteiger partial charge in [-0.15, -0.1) is 0 Å². The fourth-order valence-electron chi connectivity index (χ4n) is 0.281. The molecule has 0 saturated heterocycles. The first kappa shape index (κ1) is 9.07. The SMILES string of the molecule is N[C@@H](CS)C(=O)[CH]C=S. The van der Waals surface area contributed by atoms with Crippen LogP contribution in [0.1, 0.15) is 0 Å². The lowest BCUT2D eigenvalue weighted by atomic mass is 10.2. The summed E-state index contributed by atoms with van der Waals surface area (Å²) in [5.74, 6) is 0.193. The van der Waals surface area contributed by atoms with Crippen LogP contribution in [0, 0.1) is 6.42 Å². The number of carbonyl (C=O) groups excluding carboxylic acids is 1. The molecule has 0 amide bonds. The van der Waals surface area contributed by atoms with Crippen molar-refractivity contribution in [3.05, 3.63) is 6.42 Å². The second kappa shape index (κ2) is 4.90. The molecule has 9 heavy (non-hydrogen) atoms. The maximum atomic E-state index is 10.6. The van der Waals surface area contributed by atoms with E-state index in [0.29, 0.717) is 5.75 Å². The average Bonchev–Trinajstić information content (AvgIpc) is 1.87. The van der Waals surface area contributed by atoms with Crippen molar-refractivity contribution in [2.45, 2.75) is 6.04 Å². The van der Waals surface area contributed by atoms with Gasteiger partial charge in [-0.1, -0.05) is 12.2 Å². The highest BCUT2D eigenvalue weighted by molar-refractivity contribution is 7.80. The first-order chi connectivity index (χ1) is 4.22. The molecule has 0 unspecified atom stereocenters. The summed E-state index contributed by atoms with van der Waals surface area (Å²) in [5.41, 5.74) is 5.28. The third kappa shape index (κ3) is 3.61. The summed E-state index contributed by atoms with van der Waals surface area (Å²) in [6.45, 7) is 0. The van der Waals surface area contributed by atoms with Crippen molar-refractivity contribution >= 4 is 36.0 Å². The van der Waals surface area contributed by atoms with Gasteiger partial charge in [0.25, 0.3) is 0 Å². The zero-order valence-corrected chi connectivity index (χ0v) is 6.49. The van der Waals surface area contributed by atoms with Crippen molar-refractivity contribution in [1.29, 1.82) is 0 Å². The summed E-state index contributed by atoms with van der Waals surface area (Å²) in [5, 5.41) is 1.26. The third-order valence-electron chi connectivity index (χ3n) is 0.794. The molecule has 1 atom stereocenters. The molecule has 1 radical (unpaired) electrons. The average molecular weight is 162 g/mol. The van der Waals surface area contributed by atoms with E-state index in [1.165, 1.54) is 11.8 Å². The van der Waals surface area contributed by atoms with Crippen molar-refractivity contribution in [3.63, 3.8) is 0 Å². The quantitative estimate of drug-likeness (QED) is 0.452. The molecule has 0 heterocycles. The van der Waals surface area contributed by atoms with Crippen LogP contribution in [0.4, 0.5) is 0 Å². The first-order valence-corrected chi connectivity index (χ1v) is 3.51. The largest absolute Gasteiger partial charge is 0.321 e. The van der Waals surface area contributed by atoms with Crippen LogP contribution in [-0.4, -0.2) is 22.9 Å². The minimum absolute atomic E-state index is 0.167. The molecule has 2 N–H and O–H groups in total. The topological polar surface area (TPSA) is 43.1 Å². The van der Waals surface area contributed by atoms with E-state index in [1.54, 1.807) is 0 Å². The standard InChI is InChI=1S/C5H8NOS2/c6-4(3-9)5(7)1-2-8/h1-2,4,9H,3,6H2/t4-/m0/s1. The molecule has 2 nitrogen and oxygen atoms in total. The molecule has 0 spiro atoms. The number of Topliss-reactive ketones (excluding diaryl/α,β-unsaturated/α-hetero) is 1. The smallest absolute Gasteiger partial charge is 0.159 e. The monoisotopic (exact) mass is 162 g/mol. The van der Waals surface area contributed by atoms with E-state index in [9.17, 15) is 4.79 Å². The second-order valence-electron chi connectivity index (χ2n) is 1.49. The highest BCUT2D eigenvalue weighted by Gasteiger charge is 2.08. The van der Waals surface area contributed by atoms with Gasteiger partial charge in [0.15, 0.2) is 5.78 Å². The van der Waals surface area contributed by atoms with E-state index in [4.69, 9.17) is 5.73 Å². The zero-order valence-electron chi connectivity index (χ0n) is 4.78. The van der Waals surface area contributed by atoms with E-state index < -0.39 is 6.04 Å². The fourth-order valence-corrected chi connectivity index (χ4v) is 0.595. The summed E-state index contributed by atoms with van der Waals surface area (Å²) in [6, 6.07) is -0.507. The van der Waals surface area contributed by atoms with Gasteiger partial charge in [-0.3, -0.25) is 4.79 Å². The highest BCUT2D eigenvalue weighted by atomic mass is 32.1. The normalized spacial score (nSPS) is 12.7. The number of thiocarbonyl (C=S) groups is 1. The molecule has 0 rings (SSSR count). The van der Waals surface area contributed by atoms with Gasteiger partial charge in [0.1, 0.15) is 0 Å². The predicted molar refractivity (Wildman–Crippen MR) is 44.8 cm³/mol. The summed E-state index contributed by atoms with van der Waals surface area (Å²) in [7, 11) is 0. The van der Waals surface area contributed by atoms with Gasteiger partial charge in [0.05, 0.1) is 12.5 Å². The van der Waals surface area contributed by atoms with Gasteiger partial charge in [0.2, 0.25) is 0 Å². The minimum Gasteiger partial charge on any atom is -0.321 e. The van der Waals surface area contributed by atoms with E-state index >= 15 is 0 Å². The Hall–Kier alpha value is 0.0700. The lowest BCUT2D eigenvalue weighted by Gasteiger charge is -2.01. The van der Waals surface area contributed by atoms with Crippen molar-refractivity contribution in [3.8, 4) is 0 Å². The van der Waals surface area contributed by atoms with Crippen LogP contribution in [0.5, 0.6) is 0 Å². The van der Waals surface area contributed by atoms with Gasteiger partial charge in [-0.05, 0) is 5.37 Å². The second-order valence-corrected chi connectivity index (χ2v) is 2.13. The summed E-state index contributed by atoms with van der Waals surface area (Å²) >= 11 is 8.25. The van der Waals surface area contributed by atoms with E-state index in [0.717, 1.165) is 0 Å². The van der Waals surface area contributed by atoms with Gasteiger partial charge in [-0.2, -0.15) is 12.6 Å². The molecule has 0 aliphatic heterocycles. The van der Waals surface area contributed by atoms with Crippen LogP contribution in [0.2, 0.25) is 0 Å². The Morgan fingerprint density at radius 3 is 2.78 bits per heavy atom. The molecule has 0 saturated carbocycles. The lowest BCUT2D eigenvalue weighted by Crippen LogP contribution is -2.32. The Balaban J connectivity index is 3.58. The number of hydrogen-bond acceptors (Lipinski definition) is 4. The van der Waals surface area contributed by atoms with Crippen molar-refractivity contribution in [2.24, 2.45) is 5.73 Å². The molecule has 0 aromatic rings. The molecule has 0 aliphatic rings. The van der Waals surface area contributed by atoms with Crippen LogP contribution in [0.15, 0.2) is 0 Å². The molecular formula is C5H8NOS2. The van der Waals surface area contributed by atoms with Crippen molar-refractivity contribution in [2.75, 3.05) is 5.75 Å². The maximum Gasteiger partial charge on any atom is 0.159 e. The molecule has 0 aromatic heterocycles. The van der Waals surface area contributed by atoms with Crippen molar-refractivity contribution < 1.29 is 4.79 Å². The van der Waals surface area contributed by atoms with Gasteiger partial charge < -0.3 is 5.73 Å². The molecule has 0 bridgehead atoms. The Labute approximate surface area is 65.2 Å². The molecule has 0 fully saturated rings. The number of thiol groups is 1. The Morgan fingerprint density at radius 2 is 2.44 bits per heavy atom. The van der Waals surface area contributed by atoms with Crippen LogP contribution >= 0.6 is 24.8 Å². The zero-order chi connectivity index (χ0) is 7.28. The fraction of sp³-hybridized carbons (Fsp3) is 0.400. The molecule has 0 aliphatic carbocycles. The van der Waals surface area contributed by atoms with Gasteiger partial charge >= 0.3 is 0 Å². The predicted octanol–water partition coefficient (Wildman–Crippen LogP) is 0.0166. The molecule has 4 heteroatoms. The van der Waals surface area contributed by atoms with Crippen LogP contribution in [-0.2, 0) is 4.79 Å². The van der Waals surface area contributed by atoms with Crippen LogP contribution in [0.25, 0.3) is 0 Å². The molecule has 0 aromatic carbocycles. The summed E-state index contributed by atoms with van der Waals surface area (Å²) in [4.78, 5) is 10.6. The summed E-state index contributed by atoms with van der Waals surface area (Å²) in [6.07, 6.45) is 1.27. The number of carbonyl (C=O) groups is 1. The number of ketones is 1. The molecule has 51 valence electrons. The number of nitrogens with two attached hydrogens (primary N) is 1. The van der Waals surface area contributed by atoms with Crippen LogP contribution in [0.3, 0.4) is 0 Å².